The summed E-state index contributed by atoms with van der Waals surface area (Å²) in [6, 6.07) is 14.8. The van der Waals surface area contributed by atoms with Gasteiger partial charge in [-0.1, -0.05) is 35.9 Å². The van der Waals surface area contributed by atoms with Crippen LogP contribution in [0.25, 0.3) is 0 Å². The smallest absolute Gasteiger partial charge is 0.410 e. The Balaban J connectivity index is 2.10. The largest absolute Gasteiger partial charge is 0.444 e. The first-order valence-electron chi connectivity index (χ1n) is 8.83. The molecule has 0 spiro atoms. The second-order valence-electron chi connectivity index (χ2n) is 7.41. The standard InChI is InChI=1S/C21H26ClNO3S/c1-21(2,3)26-20(25)23(12-11-15-7-9-18(27)10-8-15)14-19(24)16-5-4-6-17(22)13-16/h4-10,13,19,24,27H,11-12,14H2,1-3H3/t19-/m1/s1. The Morgan fingerprint density at radius 2 is 1.89 bits per heavy atom. The van der Waals surface area contributed by atoms with Crippen LogP contribution in [0, 0.1) is 0 Å². The number of aliphatic hydroxyl groups is 1. The number of nitrogens with zero attached hydrogens (tertiary/aromatic N) is 1. The van der Waals surface area contributed by atoms with E-state index in [9.17, 15) is 9.90 Å². The number of hydrogen-bond donors (Lipinski definition) is 2. The van der Waals surface area contributed by atoms with E-state index in [1.807, 2.05) is 45.0 Å². The molecule has 2 rings (SSSR count). The summed E-state index contributed by atoms with van der Waals surface area (Å²) in [5.41, 5.74) is 1.14. The second kappa shape index (κ2) is 9.49. The number of thiol groups is 1. The Kier molecular flexibility index (Phi) is 7.59. The molecule has 146 valence electrons. The van der Waals surface area contributed by atoms with E-state index in [1.165, 1.54) is 4.90 Å². The minimum atomic E-state index is -0.851. The molecular formula is C21H26ClNO3S. The minimum Gasteiger partial charge on any atom is -0.444 e. The Bertz CT molecular complexity index is 759. The molecule has 0 radical (unpaired) electrons. The normalized spacial score (nSPS) is 12.5. The molecule has 27 heavy (non-hydrogen) atoms. The number of carbonyl (C=O) groups excluding carboxylic acids is 1. The number of rotatable bonds is 6. The molecule has 0 fully saturated rings. The lowest BCUT2D eigenvalue weighted by atomic mass is 10.1. The Morgan fingerprint density at radius 1 is 1.22 bits per heavy atom. The zero-order valence-corrected chi connectivity index (χ0v) is 17.5. The fraction of sp³-hybridized carbons (Fsp3) is 0.381. The Hall–Kier alpha value is -1.69. The van der Waals surface area contributed by atoms with Crippen LogP contribution in [0.1, 0.15) is 38.0 Å². The lowest BCUT2D eigenvalue weighted by molar-refractivity contribution is 0.0147. The number of halogens is 1. The predicted molar refractivity (Wildman–Crippen MR) is 112 cm³/mol. The average Bonchev–Trinajstić information content (AvgIpc) is 2.58. The van der Waals surface area contributed by atoms with Gasteiger partial charge in [-0.3, -0.25) is 0 Å². The molecule has 0 aromatic heterocycles. The van der Waals surface area contributed by atoms with E-state index in [0.29, 0.717) is 23.6 Å². The molecule has 1 N–H and O–H groups in total. The van der Waals surface area contributed by atoms with Crippen molar-refractivity contribution < 1.29 is 14.6 Å². The summed E-state index contributed by atoms with van der Waals surface area (Å²) < 4.78 is 5.51. The lowest BCUT2D eigenvalue weighted by Gasteiger charge is -2.29. The van der Waals surface area contributed by atoms with Gasteiger partial charge in [0.15, 0.2) is 0 Å². The molecule has 0 unspecified atom stereocenters. The average molecular weight is 408 g/mol. The van der Waals surface area contributed by atoms with Gasteiger partial charge in [-0.05, 0) is 62.6 Å². The van der Waals surface area contributed by atoms with Crippen molar-refractivity contribution in [3.8, 4) is 0 Å². The maximum Gasteiger partial charge on any atom is 0.410 e. The maximum atomic E-state index is 12.6. The zero-order chi connectivity index (χ0) is 20.0. The second-order valence-corrected chi connectivity index (χ2v) is 8.37. The maximum absolute atomic E-state index is 12.6. The van der Waals surface area contributed by atoms with Crippen LogP contribution in [-0.2, 0) is 11.2 Å². The van der Waals surface area contributed by atoms with Gasteiger partial charge < -0.3 is 14.7 Å². The van der Waals surface area contributed by atoms with Crippen LogP contribution in [0.15, 0.2) is 53.4 Å². The van der Waals surface area contributed by atoms with Crippen LogP contribution in [0.2, 0.25) is 5.02 Å². The number of amides is 1. The molecule has 0 aliphatic rings. The van der Waals surface area contributed by atoms with Gasteiger partial charge >= 0.3 is 6.09 Å². The summed E-state index contributed by atoms with van der Waals surface area (Å²) in [5, 5.41) is 11.1. The van der Waals surface area contributed by atoms with Crippen molar-refractivity contribution in [1.82, 2.24) is 4.90 Å². The first-order valence-corrected chi connectivity index (χ1v) is 9.66. The molecule has 1 atom stereocenters. The van der Waals surface area contributed by atoms with Crippen molar-refractivity contribution in [2.24, 2.45) is 0 Å². The van der Waals surface area contributed by atoms with E-state index < -0.39 is 17.8 Å². The van der Waals surface area contributed by atoms with Crippen molar-refractivity contribution >= 4 is 30.3 Å². The summed E-state index contributed by atoms with van der Waals surface area (Å²) in [4.78, 5) is 15.0. The topological polar surface area (TPSA) is 49.8 Å². The van der Waals surface area contributed by atoms with Gasteiger partial charge in [0, 0.05) is 16.5 Å². The van der Waals surface area contributed by atoms with Crippen LogP contribution >= 0.6 is 24.2 Å². The first kappa shape index (κ1) is 21.6. The summed E-state index contributed by atoms with van der Waals surface area (Å²) in [5.74, 6) is 0. The van der Waals surface area contributed by atoms with Gasteiger partial charge in [-0.15, -0.1) is 12.6 Å². The summed E-state index contributed by atoms with van der Waals surface area (Å²) >= 11 is 10.3. The number of carbonyl (C=O) groups is 1. The molecule has 0 aliphatic carbocycles. The molecule has 0 aliphatic heterocycles. The Labute approximate surface area is 171 Å². The monoisotopic (exact) mass is 407 g/mol. The third-order valence-corrected chi connectivity index (χ3v) is 4.42. The highest BCUT2D eigenvalue weighted by atomic mass is 35.5. The quantitative estimate of drug-likeness (QED) is 0.651. The van der Waals surface area contributed by atoms with Crippen molar-refractivity contribution in [2.75, 3.05) is 13.1 Å². The van der Waals surface area contributed by atoms with Gasteiger partial charge in [0.05, 0.1) is 12.6 Å². The summed E-state index contributed by atoms with van der Waals surface area (Å²) in [7, 11) is 0. The van der Waals surface area contributed by atoms with E-state index in [4.69, 9.17) is 16.3 Å². The Morgan fingerprint density at radius 3 is 2.48 bits per heavy atom. The van der Waals surface area contributed by atoms with Gasteiger partial charge in [0.2, 0.25) is 0 Å². The van der Waals surface area contributed by atoms with Crippen LogP contribution < -0.4 is 0 Å². The lowest BCUT2D eigenvalue weighted by Crippen LogP contribution is -2.40. The van der Waals surface area contributed by atoms with E-state index in [1.54, 1.807) is 24.3 Å². The molecule has 6 heteroatoms. The molecule has 2 aromatic carbocycles. The van der Waals surface area contributed by atoms with Crippen LogP contribution in [0.3, 0.4) is 0 Å². The van der Waals surface area contributed by atoms with Gasteiger partial charge in [0.25, 0.3) is 0 Å². The van der Waals surface area contributed by atoms with Crippen molar-refractivity contribution in [3.05, 3.63) is 64.7 Å². The number of ether oxygens (including phenoxy) is 1. The van der Waals surface area contributed by atoms with Crippen LogP contribution in [0.4, 0.5) is 4.79 Å². The molecule has 4 nitrogen and oxygen atoms in total. The van der Waals surface area contributed by atoms with Crippen molar-refractivity contribution in [2.45, 2.75) is 43.8 Å². The minimum absolute atomic E-state index is 0.125. The third-order valence-electron chi connectivity index (χ3n) is 3.89. The van der Waals surface area contributed by atoms with Crippen LogP contribution in [0.5, 0.6) is 0 Å². The van der Waals surface area contributed by atoms with Gasteiger partial charge in [-0.2, -0.15) is 0 Å². The third kappa shape index (κ3) is 7.45. The highest BCUT2D eigenvalue weighted by molar-refractivity contribution is 7.80. The fourth-order valence-corrected chi connectivity index (χ4v) is 2.89. The molecule has 0 saturated heterocycles. The van der Waals surface area contributed by atoms with Crippen molar-refractivity contribution in [1.29, 1.82) is 0 Å². The molecule has 2 aromatic rings. The number of hydrogen-bond acceptors (Lipinski definition) is 4. The zero-order valence-electron chi connectivity index (χ0n) is 15.9. The molecule has 0 bridgehead atoms. The molecule has 1 amide bonds. The van der Waals surface area contributed by atoms with E-state index >= 15 is 0 Å². The van der Waals surface area contributed by atoms with E-state index in [2.05, 4.69) is 12.6 Å². The SMILES string of the molecule is CC(C)(C)OC(=O)N(CCc1ccc(S)cc1)C[C@@H](O)c1cccc(Cl)c1. The van der Waals surface area contributed by atoms with E-state index in [-0.39, 0.29) is 6.54 Å². The van der Waals surface area contributed by atoms with Gasteiger partial charge in [-0.25, -0.2) is 4.79 Å². The fourth-order valence-electron chi connectivity index (χ4n) is 2.54. The highest BCUT2D eigenvalue weighted by Crippen LogP contribution is 2.20. The predicted octanol–water partition coefficient (Wildman–Crippen LogP) is 5.14. The number of benzene rings is 2. The first-order chi connectivity index (χ1) is 12.6. The van der Waals surface area contributed by atoms with Crippen molar-refractivity contribution in [3.63, 3.8) is 0 Å². The van der Waals surface area contributed by atoms with Crippen LogP contribution in [-0.4, -0.2) is 34.8 Å². The van der Waals surface area contributed by atoms with Gasteiger partial charge in [0.1, 0.15) is 5.60 Å². The summed E-state index contributed by atoms with van der Waals surface area (Å²) in [6.07, 6.45) is -0.652. The molecular weight excluding hydrogens is 382 g/mol. The molecule has 0 saturated carbocycles. The number of aliphatic hydroxyl groups excluding tert-OH is 1. The highest BCUT2D eigenvalue weighted by Gasteiger charge is 2.24. The molecule has 0 heterocycles. The van der Waals surface area contributed by atoms with E-state index in [0.717, 1.165) is 10.5 Å². The summed E-state index contributed by atoms with van der Waals surface area (Å²) in [6.45, 7) is 6.02.